The van der Waals surface area contributed by atoms with Crippen molar-refractivity contribution in [3.05, 3.63) is 42.1 Å². The molecular weight excluding hydrogens is 354 g/mol. The molecule has 1 aliphatic rings. The van der Waals surface area contributed by atoms with Crippen LogP contribution in [0.15, 0.2) is 41.5 Å². The van der Waals surface area contributed by atoms with Gasteiger partial charge in [0.05, 0.1) is 30.9 Å². The number of benzene rings is 1. The van der Waals surface area contributed by atoms with Crippen LogP contribution in [-0.2, 0) is 11.3 Å². The topological polar surface area (TPSA) is 82.0 Å². The van der Waals surface area contributed by atoms with Crippen LogP contribution in [0.2, 0.25) is 0 Å². The predicted octanol–water partition coefficient (Wildman–Crippen LogP) is 1.37. The third kappa shape index (κ3) is 5.89. The number of guanidine groups is 1. The molecule has 2 heterocycles. The number of morpholine rings is 1. The molecule has 0 spiro atoms. The molecular formula is C21H31N5O2. The molecule has 0 radical (unpaired) electrons. The summed E-state index contributed by atoms with van der Waals surface area (Å²) in [7, 11) is 0. The summed E-state index contributed by atoms with van der Waals surface area (Å²) in [5.74, 6) is 0.692. The Morgan fingerprint density at radius 1 is 1.25 bits per heavy atom. The van der Waals surface area contributed by atoms with E-state index in [0.29, 0.717) is 25.6 Å². The first kappa shape index (κ1) is 20.5. The smallest absolute Gasteiger partial charge is 0.191 e. The number of pyridine rings is 1. The SMILES string of the molecule is CCNC(=NCc1cccc2cccnc12)NCC(C)(O)CN1CCOCC1. The van der Waals surface area contributed by atoms with Gasteiger partial charge in [-0.15, -0.1) is 0 Å². The number of nitrogens with zero attached hydrogens (tertiary/aromatic N) is 3. The fraction of sp³-hybridized carbons (Fsp3) is 0.524. The number of aromatic nitrogens is 1. The van der Waals surface area contributed by atoms with Crippen LogP contribution in [-0.4, -0.2) is 72.5 Å². The maximum absolute atomic E-state index is 10.8. The lowest BCUT2D eigenvalue weighted by Crippen LogP contribution is -2.52. The van der Waals surface area contributed by atoms with Gasteiger partial charge in [0, 0.05) is 44.3 Å². The number of hydrogen-bond acceptors (Lipinski definition) is 5. The monoisotopic (exact) mass is 385 g/mol. The van der Waals surface area contributed by atoms with Crippen molar-refractivity contribution in [1.29, 1.82) is 0 Å². The number of para-hydroxylation sites is 1. The highest BCUT2D eigenvalue weighted by Gasteiger charge is 2.25. The van der Waals surface area contributed by atoms with E-state index in [9.17, 15) is 5.11 Å². The minimum atomic E-state index is -0.853. The van der Waals surface area contributed by atoms with Crippen LogP contribution in [0, 0.1) is 0 Å². The Kier molecular flexibility index (Phi) is 7.19. The van der Waals surface area contributed by atoms with Gasteiger partial charge in [-0.05, 0) is 25.5 Å². The summed E-state index contributed by atoms with van der Waals surface area (Å²) < 4.78 is 5.38. The highest BCUT2D eigenvalue weighted by molar-refractivity contribution is 5.83. The minimum Gasteiger partial charge on any atom is -0.387 e. The van der Waals surface area contributed by atoms with Crippen LogP contribution in [0.3, 0.4) is 0 Å². The van der Waals surface area contributed by atoms with E-state index in [1.54, 1.807) is 0 Å². The van der Waals surface area contributed by atoms with Crippen molar-refractivity contribution < 1.29 is 9.84 Å². The molecule has 152 valence electrons. The molecule has 1 unspecified atom stereocenters. The largest absolute Gasteiger partial charge is 0.387 e. The lowest BCUT2D eigenvalue weighted by molar-refractivity contribution is -0.0201. The maximum atomic E-state index is 10.8. The van der Waals surface area contributed by atoms with Gasteiger partial charge in [-0.1, -0.05) is 24.3 Å². The van der Waals surface area contributed by atoms with E-state index in [2.05, 4.69) is 38.7 Å². The summed E-state index contributed by atoms with van der Waals surface area (Å²) in [5, 5.41) is 18.4. The molecule has 0 aliphatic carbocycles. The van der Waals surface area contributed by atoms with Gasteiger partial charge in [-0.2, -0.15) is 0 Å². The van der Waals surface area contributed by atoms with E-state index in [4.69, 9.17) is 9.73 Å². The Balaban J connectivity index is 1.62. The number of hydrogen-bond donors (Lipinski definition) is 3. The fourth-order valence-corrected chi connectivity index (χ4v) is 3.37. The maximum Gasteiger partial charge on any atom is 0.191 e. The number of fused-ring (bicyclic) bond motifs is 1. The minimum absolute atomic E-state index is 0.421. The lowest BCUT2D eigenvalue weighted by Gasteiger charge is -2.34. The molecule has 0 bridgehead atoms. The molecule has 1 atom stereocenters. The zero-order valence-electron chi connectivity index (χ0n) is 16.8. The first-order valence-corrected chi connectivity index (χ1v) is 9.95. The highest BCUT2D eigenvalue weighted by Crippen LogP contribution is 2.16. The van der Waals surface area contributed by atoms with Gasteiger partial charge in [0.1, 0.15) is 0 Å². The molecule has 28 heavy (non-hydrogen) atoms. The zero-order valence-corrected chi connectivity index (χ0v) is 16.8. The third-order valence-corrected chi connectivity index (χ3v) is 4.77. The molecule has 0 saturated carbocycles. The van der Waals surface area contributed by atoms with Crippen molar-refractivity contribution in [1.82, 2.24) is 20.5 Å². The standard InChI is InChI=1S/C21H31N5O2/c1-3-22-20(25-15-21(2,27)16-26-10-12-28-13-11-26)24-14-18-7-4-6-17-8-5-9-23-19(17)18/h4-9,27H,3,10-16H2,1-2H3,(H2,22,24,25). The first-order chi connectivity index (χ1) is 13.6. The summed E-state index contributed by atoms with van der Waals surface area (Å²) in [6.07, 6.45) is 1.81. The van der Waals surface area contributed by atoms with Crippen LogP contribution >= 0.6 is 0 Å². The van der Waals surface area contributed by atoms with Gasteiger partial charge < -0.3 is 20.5 Å². The zero-order chi connectivity index (χ0) is 19.8. The second kappa shape index (κ2) is 9.82. The van der Waals surface area contributed by atoms with Crippen LogP contribution in [0.1, 0.15) is 19.4 Å². The average Bonchev–Trinajstić information content (AvgIpc) is 2.70. The van der Waals surface area contributed by atoms with Gasteiger partial charge in [0.15, 0.2) is 5.96 Å². The molecule has 1 aromatic heterocycles. The van der Waals surface area contributed by atoms with Crippen LogP contribution in [0.25, 0.3) is 10.9 Å². The predicted molar refractivity (Wildman–Crippen MR) is 112 cm³/mol. The average molecular weight is 386 g/mol. The van der Waals surface area contributed by atoms with E-state index in [1.165, 1.54) is 0 Å². The number of aliphatic imine (C=N–C) groups is 1. The quantitative estimate of drug-likeness (QED) is 0.493. The fourth-order valence-electron chi connectivity index (χ4n) is 3.37. The molecule has 1 aliphatic heterocycles. The number of rotatable bonds is 7. The Labute approximate surface area is 166 Å². The number of nitrogens with one attached hydrogen (secondary N) is 2. The van der Waals surface area contributed by atoms with Crippen molar-refractivity contribution in [2.75, 3.05) is 45.9 Å². The van der Waals surface area contributed by atoms with Gasteiger partial charge in [-0.3, -0.25) is 9.88 Å². The van der Waals surface area contributed by atoms with Gasteiger partial charge in [-0.25, -0.2) is 4.99 Å². The molecule has 3 rings (SSSR count). The molecule has 7 nitrogen and oxygen atoms in total. The third-order valence-electron chi connectivity index (χ3n) is 4.77. The van der Waals surface area contributed by atoms with Crippen molar-refractivity contribution in [2.24, 2.45) is 4.99 Å². The highest BCUT2D eigenvalue weighted by atomic mass is 16.5. The van der Waals surface area contributed by atoms with Gasteiger partial charge in [0.2, 0.25) is 0 Å². The summed E-state index contributed by atoms with van der Waals surface area (Å²) in [5.41, 5.74) is 1.20. The Hall–Kier alpha value is -2.22. The molecule has 3 N–H and O–H groups in total. The summed E-state index contributed by atoms with van der Waals surface area (Å²) in [4.78, 5) is 11.4. The van der Waals surface area contributed by atoms with Crippen molar-refractivity contribution in [3.8, 4) is 0 Å². The van der Waals surface area contributed by atoms with Crippen molar-refractivity contribution in [2.45, 2.75) is 26.0 Å². The van der Waals surface area contributed by atoms with Crippen LogP contribution in [0.4, 0.5) is 0 Å². The van der Waals surface area contributed by atoms with E-state index < -0.39 is 5.60 Å². The number of aliphatic hydroxyl groups is 1. The Morgan fingerprint density at radius 3 is 2.82 bits per heavy atom. The van der Waals surface area contributed by atoms with E-state index in [0.717, 1.165) is 49.3 Å². The Morgan fingerprint density at radius 2 is 2.04 bits per heavy atom. The second-order valence-electron chi connectivity index (χ2n) is 7.43. The number of β-amino-alcohol motifs (C(OH)–C–C–N with tert-alkyl or cyclic N) is 1. The van der Waals surface area contributed by atoms with Crippen molar-refractivity contribution >= 4 is 16.9 Å². The molecule has 0 amide bonds. The van der Waals surface area contributed by atoms with E-state index in [-0.39, 0.29) is 0 Å². The van der Waals surface area contributed by atoms with E-state index >= 15 is 0 Å². The van der Waals surface area contributed by atoms with Crippen LogP contribution in [0.5, 0.6) is 0 Å². The summed E-state index contributed by atoms with van der Waals surface area (Å²) in [6, 6.07) is 10.1. The van der Waals surface area contributed by atoms with Crippen molar-refractivity contribution in [3.63, 3.8) is 0 Å². The van der Waals surface area contributed by atoms with Gasteiger partial charge >= 0.3 is 0 Å². The van der Waals surface area contributed by atoms with E-state index in [1.807, 2.05) is 32.2 Å². The Bertz CT molecular complexity index is 782. The van der Waals surface area contributed by atoms with Gasteiger partial charge in [0.25, 0.3) is 0 Å². The molecule has 7 heteroatoms. The molecule has 1 aromatic carbocycles. The second-order valence-corrected chi connectivity index (χ2v) is 7.43. The molecule has 1 saturated heterocycles. The first-order valence-electron chi connectivity index (χ1n) is 9.95. The number of ether oxygens (including phenoxy) is 1. The lowest BCUT2D eigenvalue weighted by atomic mass is 10.1. The summed E-state index contributed by atoms with van der Waals surface area (Å²) in [6.45, 7) is 9.37. The van der Waals surface area contributed by atoms with Crippen LogP contribution < -0.4 is 10.6 Å². The normalized spacial score (nSPS) is 18.0. The summed E-state index contributed by atoms with van der Waals surface area (Å²) >= 11 is 0. The molecule has 1 fully saturated rings. The molecule has 2 aromatic rings.